The van der Waals surface area contributed by atoms with Crippen LogP contribution in [-0.4, -0.2) is 31.1 Å². The first-order chi connectivity index (χ1) is 9.51. The van der Waals surface area contributed by atoms with E-state index in [9.17, 15) is 9.59 Å². The van der Waals surface area contributed by atoms with Gasteiger partial charge >= 0.3 is 5.97 Å². The highest BCUT2D eigenvalue weighted by Crippen LogP contribution is 2.40. The lowest BCUT2D eigenvalue weighted by molar-refractivity contribution is -0.144. The molecule has 0 fully saturated rings. The summed E-state index contributed by atoms with van der Waals surface area (Å²) in [5.41, 5.74) is 6.78. The number of hydrogen-bond acceptors (Lipinski definition) is 5. The molecule has 1 aliphatic rings. The van der Waals surface area contributed by atoms with E-state index in [2.05, 4.69) is 0 Å². The molecule has 1 amide bonds. The highest BCUT2D eigenvalue weighted by molar-refractivity contribution is 6.06. The minimum Gasteiger partial charge on any atom is -0.479 e. The van der Waals surface area contributed by atoms with Crippen LogP contribution in [0.4, 0.5) is 11.4 Å². The fourth-order valence-corrected chi connectivity index (χ4v) is 2.34. The molecule has 1 aromatic carbocycles. The lowest BCUT2D eigenvalue weighted by Crippen LogP contribution is -2.53. The highest BCUT2D eigenvalue weighted by atomic mass is 16.5. The van der Waals surface area contributed by atoms with Crippen molar-refractivity contribution < 1.29 is 19.1 Å². The zero-order valence-electron chi connectivity index (χ0n) is 11.8. The molecule has 2 unspecified atom stereocenters. The molecule has 6 heteroatoms. The molecule has 0 aromatic heterocycles. The van der Waals surface area contributed by atoms with Crippen LogP contribution in [0.1, 0.15) is 20.3 Å². The zero-order chi connectivity index (χ0) is 14.9. The van der Waals surface area contributed by atoms with Crippen LogP contribution >= 0.6 is 0 Å². The van der Waals surface area contributed by atoms with Gasteiger partial charge in [-0.05, 0) is 25.5 Å². The third-order valence-electron chi connectivity index (χ3n) is 3.33. The Hall–Kier alpha value is -2.24. The lowest BCUT2D eigenvalue weighted by atomic mass is 10.1. The Morgan fingerprint density at radius 2 is 2.25 bits per heavy atom. The van der Waals surface area contributed by atoms with Gasteiger partial charge in [-0.15, -0.1) is 0 Å². The molecule has 0 saturated carbocycles. The van der Waals surface area contributed by atoms with E-state index in [0.29, 0.717) is 23.5 Å². The largest absolute Gasteiger partial charge is 0.479 e. The average Bonchev–Trinajstić information content (AvgIpc) is 2.43. The second-order valence-corrected chi connectivity index (χ2v) is 4.61. The van der Waals surface area contributed by atoms with Gasteiger partial charge in [-0.3, -0.25) is 9.69 Å². The van der Waals surface area contributed by atoms with Gasteiger partial charge < -0.3 is 15.2 Å². The summed E-state index contributed by atoms with van der Waals surface area (Å²) >= 11 is 0. The fourth-order valence-electron chi connectivity index (χ4n) is 2.34. The van der Waals surface area contributed by atoms with Crippen molar-refractivity contribution >= 4 is 23.3 Å². The van der Waals surface area contributed by atoms with Crippen molar-refractivity contribution in [2.75, 3.05) is 17.7 Å². The number of fused-ring (bicyclic) bond motifs is 1. The van der Waals surface area contributed by atoms with Gasteiger partial charge in [0.1, 0.15) is 17.5 Å². The summed E-state index contributed by atoms with van der Waals surface area (Å²) in [6, 6.07) is 4.43. The van der Waals surface area contributed by atoms with Crippen LogP contribution in [0.25, 0.3) is 0 Å². The number of amides is 1. The number of esters is 1. The summed E-state index contributed by atoms with van der Waals surface area (Å²) in [6.07, 6.45) is -0.234. The van der Waals surface area contributed by atoms with Gasteiger partial charge in [-0.1, -0.05) is 13.0 Å². The standard InChI is InChI=1S/C14H18N2O4/c1-4-10(14(18)19-3)16-12-9(15)6-5-7-11(12)20-8(2)13(16)17/h5-8,10H,4,15H2,1-3H3. The van der Waals surface area contributed by atoms with Gasteiger partial charge in [0, 0.05) is 0 Å². The molecular weight excluding hydrogens is 260 g/mol. The summed E-state index contributed by atoms with van der Waals surface area (Å²) < 4.78 is 10.3. The van der Waals surface area contributed by atoms with Gasteiger partial charge in [-0.2, -0.15) is 0 Å². The molecule has 1 aliphatic heterocycles. The summed E-state index contributed by atoms with van der Waals surface area (Å²) in [4.78, 5) is 25.7. The number of ether oxygens (including phenoxy) is 2. The molecule has 0 spiro atoms. The Morgan fingerprint density at radius 3 is 2.85 bits per heavy atom. The van der Waals surface area contributed by atoms with Crippen LogP contribution < -0.4 is 15.4 Å². The Morgan fingerprint density at radius 1 is 1.55 bits per heavy atom. The number of rotatable bonds is 3. The normalized spacial score (nSPS) is 19.1. The van der Waals surface area contributed by atoms with Crippen molar-refractivity contribution in [3.63, 3.8) is 0 Å². The monoisotopic (exact) mass is 278 g/mol. The Kier molecular flexibility index (Phi) is 3.83. The van der Waals surface area contributed by atoms with Gasteiger partial charge in [0.05, 0.1) is 12.8 Å². The van der Waals surface area contributed by atoms with Crippen molar-refractivity contribution in [2.24, 2.45) is 0 Å². The Labute approximate surface area is 117 Å². The van der Waals surface area contributed by atoms with E-state index in [4.69, 9.17) is 15.2 Å². The van der Waals surface area contributed by atoms with E-state index in [0.717, 1.165) is 0 Å². The van der Waals surface area contributed by atoms with E-state index in [1.165, 1.54) is 12.0 Å². The van der Waals surface area contributed by atoms with Crippen molar-refractivity contribution in [1.82, 2.24) is 0 Å². The Balaban J connectivity index is 2.56. The van der Waals surface area contributed by atoms with Crippen LogP contribution in [0.15, 0.2) is 18.2 Å². The molecule has 1 heterocycles. The quantitative estimate of drug-likeness (QED) is 0.666. The number of methoxy groups -OCH3 is 1. The molecule has 0 bridgehead atoms. The van der Waals surface area contributed by atoms with E-state index in [1.807, 2.05) is 6.92 Å². The second-order valence-electron chi connectivity index (χ2n) is 4.61. The molecule has 2 N–H and O–H groups in total. The van der Waals surface area contributed by atoms with E-state index in [1.54, 1.807) is 25.1 Å². The maximum absolute atomic E-state index is 12.4. The molecule has 0 radical (unpaired) electrons. The number of carbonyl (C=O) groups is 2. The molecule has 108 valence electrons. The van der Waals surface area contributed by atoms with Gasteiger partial charge in [-0.25, -0.2) is 4.79 Å². The third-order valence-corrected chi connectivity index (χ3v) is 3.33. The number of nitrogens with zero attached hydrogens (tertiary/aromatic N) is 1. The predicted molar refractivity (Wildman–Crippen MR) is 74.5 cm³/mol. The minimum atomic E-state index is -0.706. The highest BCUT2D eigenvalue weighted by Gasteiger charge is 2.40. The SMILES string of the molecule is CCC(C(=O)OC)N1C(=O)C(C)Oc2cccc(N)c21. The summed E-state index contributed by atoms with van der Waals surface area (Å²) in [5, 5.41) is 0. The average molecular weight is 278 g/mol. The van der Waals surface area contributed by atoms with Gasteiger partial charge in [0.25, 0.3) is 5.91 Å². The summed E-state index contributed by atoms with van der Waals surface area (Å²) in [6.45, 7) is 3.46. The van der Waals surface area contributed by atoms with Crippen LogP contribution in [0.2, 0.25) is 0 Å². The van der Waals surface area contributed by atoms with Crippen molar-refractivity contribution in [3.8, 4) is 5.75 Å². The summed E-state index contributed by atoms with van der Waals surface area (Å²) in [7, 11) is 1.30. The van der Waals surface area contributed by atoms with Crippen LogP contribution in [0.5, 0.6) is 5.75 Å². The van der Waals surface area contributed by atoms with E-state index < -0.39 is 18.1 Å². The molecule has 0 saturated heterocycles. The van der Waals surface area contributed by atoms with Crippen LogP contribution in [0, 0.1) is 0 Å². The van der Waals surface area contributed by atoms with Crippen molar-refractivity contribution in [3.05, 3.63) is 18.2 Å². The first kappa shape index (κ1) is 14.2. The number of para-hydroxylation sites is 1. The second kappa shape index (κ2) is 5.40. The molecule has 20 heavy (non-hydrogen) atoms. The number of nitrogen functional groups attached to an aromatic ring is 1. The number of benzene rings is 1. The van der Waals surface area contributed by atoms with Crippen molar-refractivity contribution in [1.29, 1.82) is 0 Å². The topological polar surface area (TPSA) is 81.9 Å². The Bertz CT molecular complexity index is 544. The number of nitrogens with two attached hydrogens (primary N) is 1. The smallest absolute Gasteiger partial charge is 0.328 e. The van der Waals surface area contributed by atoms with Crippen molar-refractivity contribution in [2.45, 2.75) is 32.4 Å². The molecule has 6 nitrogen and oxygen atoms in total. The molecule has 0 aliphatic carbocycles. The molecule has 1 aromatic rings. The number of anilines is 2. The predicted octanol–water partition coefficient (Wildman–Crippen LogP) is 1.33. The third kappa shape index (κ3) is 2.17. The van der Waals surface area contributed by atoms with E-state index in [-0.39, 0.29) is 5.91 Å². The first-order valence-corrected chi connectivity index (χ1v) is 6.47. The zero-order valence-corrected chi connectivity index (χ0v) is 11.8. The first-order valence-electron chi connectivity index (χ1n) is 6.47. The minimum absolute atomic E-state index is 0.298. The van der Waals surface area contributed by atoms with Gasteiger partial charge in [0.2, 0.25) is 0 Å². The molecule has 2 atom stereocenters. The molecular formula is C14H18N2O4. The van der Waals surface area contributed by atoms with Crippen LogP contribution in [0.3, 0.4) is 0 Å². The summed E-state index contributed by atoms with van der Waals surface area (Å²) in [5.74, 6) is -0.267. The maximum atomic E-state index is 12.4. The lowest BCUT2D eigenvalue weighted by Gasteiger charge is -2.37. The number of carbonyl (C=O) groups excluding carboxylic acids is 2. The van der Waals surface area contributed by atoms with Crippen LogP contribution in [-0.2, 0) is 14.3 Å². The fraction of sp³-hybridized carbons (Fsp3) is 0.429. The molecule has 2 rings (SSSR count). The van der Waals surface area contributed by atoms with E-state index >= 15 is 0 Å². The number of hydrogen-bond donors (Lipinski definition) is 1. The van der Waals surface area contributed by atoms with Gasteiger partial charge in [0.15, 0.2) is 6.10 Å². The maximum Gasteiger partial charge on any atom is 0.328 e.